The van der Waals surface area contributed by atoms with Gasteiger partial charge in [0.05, 0.1) is 5.56 Å². The summed E-state index contributed by atoms with van der Waals surface area (Å²) in [5.74, 6) is 0.0144. The van der Waals surface area contributed by atoms with E-state index in [1.165, 1.54) is 0 Å². The number of ketones is 1. The van der Waals surface area contributed by atoms with Gasteiger partial charge in [-0.05, 0) is 12.1 Å². The maximum atomic E-state index is 12.4. The van der Waals surface area contributed by atoms with Gasteiger partial charge >= 0.3 is 0 Å². The van der Waals surface area contributed by atoms with Crippen molar-refractivity contribution in [1.82, 2.24) is 0 Å². The van der Waals surface area contributed by atoms with Crippen molar-refractivity contribution in [3.8, 4) is 16.2 Å². The summed E-state index contributed by atoms with van der Waals surface area (Å²) in [7, 11) is 0. The van der Waals surface area contributed by atoms with Crippen molar-refractivity contribution in [3.05, 3.63) is 53.6 Å². The minimum Gasteiger partial charge on any atom is -0.507 e. The van der Waals surface area contributed by atoms with Gasteiger partial charge in [-0.25, -0.2) is 0 Å². The zero-order valence-electron chi connectivity index (χ0n) is 9.31. The Hall–Kier alpha value is -2.13. The number of thiophene rings is 1. The topological polar surface area (TPSA) is 37.3 Å². The first-order valence-corrected chi connectivity index (χ1v) is 6.47. The molecule has 0 unspecified atom stereocenters. The number of hydrogen-bond acceptors (Lipinski definition) is 3. The molecule has 2 aromatic carbocycles. The summed E-state index contributed by atoms with van der Waals surface area (Å²) in [5, 5.41) is 10.8. The van der Waals surface area contributed by atoms with Crippen LogP contribution in [0.5, 0.6) is 5.75 Å². The Labute approximate surface area is 107 Å². The van der Waals surface area contributed by atoms with Crippen molar-refractivity contribution < 1.29 is 9.90 Å². The van der Waals surface area contributed by atoms with Crippen LogP contribution in [0.1, 0.15) is 15.9 Å². The number of hydrogen-bond donors (Lipinski definition) is 1. The quantitative estimate of drug-likeness (QED) is 0.516. The molecular weight excluding hydrogens is 244 g/mol. The van der Waals surface area contributed by atoms with Gasteiger partial charge in [-0.1, -0.05) is 30.3 Å². The fourth-order valence-corrected chi connectivity index (χ4v) is 3.78. The normalized spacial score (nSPS) is 12.8. The number of aromatic hydroxyl groups is 1. The summed E-state index contributed by atoms with van der Waals surface area (Å²) in [5.41, 5.74) is 2.05. The lowest BCUT2D eigenvalue weighted by atomic mass is 10.1. The maximum absolute atomic E-state index is 12.4. The fourth-order valence-electron chi connectivity index (χ4n) is 2.55. The van der Waals surface area contributed by atoms with Gasteiger partial charge in [0.1, 0.15) is 5.75 Å². The number of phenolic OH excluding ortho intramolecular Hbond substituents is 1. The van der Waals surface area contributed by atoms with Gasteiger partial charge in [0.15, 0.2) is 5.78 Å². The second-order valence-electron chi connectivity index (χ2n) is 4.33. The highest BCUT2D eigenvalue weighted by Crippen LogP contribution is 2.48. The molecule has 0 bridgehead atoms. The Kier molecular flexibility index (Phi) is 1.76. The Morgan fingerprint density at radius 3 is 2.67 bits per heavy atom. The molecule has 0 spiro atoms. The minimum absolute atomic E-state index is 0.0597. The SMILES string of the molecule is O=C1c2c(O)cccc2-c2sc3ccccc3c21. The molecular formula is C15H8O2S. The summed E-state index contributed by atoms with van der Waals surface area (Å²) in [4.78, 5) is 13.4. The molecule has 0 aliphatic heterocycles. The average Bonchev–Trinajstić information content (AvgIpc) is 2.88. The number of carbonyl (C=O) groups is 1. The Morgan fingerprint density at radius 2 is 1.78 bits per heavy atom. The second-order valence-corrected chi connectivity index (χ2v) is 5.38. The van der Waals surface area contributed by atoms with Crippen molar-refractivity contribution in [1.29, 1.82) is 0 Å². The van der Waals surface area contributed by atoms with E-state index in [0.29, 0.717) is 5.56 Å². The molecule has 1 aliphatic rings. The molecule has 0 radical (unpaired) electrons. The lowest BCUT2D eigenvalue weighted by Crippen LogP contribution is -1.95. The molecule has 4 rings (SSSR count). The van der Waals surface area contributed by atoms with Crippen LogP contribution in [-0.2, 0) is 0 Å². The third-order valence-electron chi connectivity index (χ3n) is 3.34. The average molecular weight is 252 g/mol. The zero-order valence-corrected chi connectivity index (χ0v) is 10.1. The van der Waals surface area contributed by atoms with Gasteiger partial charge in [0, 0.05) is 26.1 Å². The number of benzene rings is 2. The standard InChI is InChI=1S/C15H8O2S/c16-10-6-3-5-9-12(10)14(17)13-8-4-1-2-7-11(8)18-15(9)13/h1-7,16H. The predicted octanol–water partition coefficient (Wildman–Crippen LogP) is 3.82. The molecule has 1 aliphatic carbocycles. The highest BCUT2D eigenvalue weighted by atomic mass is 32.1. The van der Waals surface area contributed by atoms with E-state index in [1.54, 1.807) is 23.5 Å². The number of carbonyl (C=O) groups excluding carboxylic acids is 1. The van der Waals surface area contributed by atoms with Gasteiger partial charge in [0.2, 0.25) is 0 Å². The van der Waals surface area contributed by atoms with E-state index in [2.05, 4.69) is 0 Å². The van der Waals surface area contributed by atoms with Crippen LogP contribution in [0.3, 0.4) is 0 Å². The third-order valence-corrected chi connectivity index (χ3v) is 4.54. The summed E-state index contributed by atoms with van der Waals surface area (Å²) >= 11 is 1.61. The van der Waals surface area contributed by atoms with Gasteiger partial charge in [-0.2, -0.15) is 0 Å². The highest BCUT2D eigenvalue weighted by molar-refractivity contribution is 7.23. The fraction of sp³-hybridized carbons (Fsp3) is 0. The first-order chi connectivity index (χ1) is 8.77. The molecule has 86 valence electrons. The molecule has 18 heavy (non-hydrogen) atoms. The summed E-state index contributed by atoms with van der Waals surface area (Å²) in [6.45, 7) is 0. The number of phenols is 1. The molecule has 0 amide bonds. The molecule has 0 atom stereocenters. The third kappa shape index (κ3) is 1.05. The van der Waals surface area contributed by atoms with Crippen molar-refractivity contribution in [2.75, 3.05) is 0 Å². The summed E-state index contributed by atoms with van der Waals surface area (Å²) in [6.07, 6.45) is 0. The lowest BCUT2D eigenvalue weighted by molar-refractivity contribution is 0.104. The van der Waals surface area contributed by atoms with E-state index in [9.17, 15) is 9.90 Å². The maximum Gasteiger partial charge on any atom is 0.199 e. The zero-order chi connectivity index (χ0) is 12.3. The first-order valence-electron chi connectivity index (χ1n) is 5.66. The smallest absolute Gasteiger partial charge is 0.199 e. The molecule has 1 N–H and O–H groups in total. The molecule has 3 aromatic rings. The minimum atomic E-state index is -0.0597. The van der Waals surface area contributed by atoms with Crippen LogP contribution < -0.4 is 0 Å². The van der Waals surface area contributed by atoms with Gasteiger partial charge in [-0.15, -0.1) is 11.3 Å². The van der Waals surface area contributed by atoms with Gasteiger partial charge < -0.3 is 5.11 Å². The molecule has 2 nitrogen and oxygen atoms in total. The van der Waals surface area contributed by atoms with E-state index < -0.39 is 0 Å². The Balaban J connectivity index is 2.18. The van der Waals surface area contributed by atoms with Crippen LogP contribution in [0.2, 0.25) is 0 Å². The summed E-state index contributed by atoms with van der Waals surface area (Å²) in [6, 6.07) is 13.1. The van der Waals surface area contributed by atoms with E-state index in [1.807, 2.05) is 30.3 Å². The molecule has 3 heteroatoms. The Bertz CT molecular complexity index is 814. The largest absolute Gasteiger partial charge is 0.507 e. The van der Waals surface area contributed by atoms with Crippen molar-refractivity contribution >= 4 is 27.2 Å². The molecule has 0 saturated heterocycles. The van der Waals surface area contributed by atoms with Crippen LogP contribution in [0.25, 0.3) is 20.5 Å². The molecule has 0 fully saturated rings. The molecule has 0 saturated carbocycles. The first kappa shape index (κ1) is 9.85. The van der Waals surface area contributed by atoms with Crippen LogP contribution in [0, 0.1) is 0 Å². The number of rotatable bonds is 0. The van der Waals surface area contributed by atoms with Crippen LogP contribution in [-0.4, -0.2) is 10.9 Å². The van der Waals surface area contributed by atoms with Gasteiger partial charge in [0.25, 0.3) is 0 Å². The Morgan fingerprint density at radius 1 is 0.944 bits per heavy atom. The molecule has 1 heterocycles. The summed E-state index contributed by atoms with van der Waals surface area (Å²) < 4.78 is 1.12. The second kappa shape index (κ2) is 3.21. The van der Waals surface area contributed by atoms with Crippen molar-refractivity contribution in [2.45, 2.75) is 0 Å². The van der Waals surface area contributed by atoms with Crippen LogP contribution in [0.4, 0.5) is 0 Å². The van der Waals surface area contributed by atoms with E-state index in [-0.39, 0.29) is 11.5 Å². The van der Waals surface area contributed by atoms with E-state index >= 15 is 0 Å². The predicted molar refractivity (Wildman–Crippen MR) is 72.4 cm³/mol. The molecule has 1 aromatic heterocycles. The van der Waals surface area contributed by atoms with Crippen LogP contribution >= 0.6 is 11.3 Å². The van der Waals surface area contributed by atoms with E-state index in [0.717, 1.165) is 26.1 Å². The number of fused-ring (bicyclic) bond motifs is 5. The van der Waals surface area contributed by atoms with Gasteiger partial charge in [-0.3, -0.25) is 4.79 Å². The van der Waals surface area contributed by atoms with Crippen LogP contribution in [0.15, 0.2) is 42.5 Å². The van der Waals surface area contributed by atoms with Crippen molar-refractivity contribution in [3.63, 3.8) is 0 Å². The highest BCUT2D eigenvalue weighted by Gasteiger charge is 2.32. The monoisotopic (exact) mass is 252 g/mol. The van der Waals surface area contributed by atoms with Crippen molar-refractivity contribution in [2.24, 2.45) is 0 Å². The van der Waals surface area contributed by atoms with E-state index in [4.69, 9.17) is 0 Å². The lowest BCUT2D eigenvalue weighted by Gasteiger charge is -2.00.